The molecule has 0 aromatic carbocycles. The minimum atomic E-state index is 0.328. The van der Waals surface area contributed by atoms with E-state index in [1.54, 1.807) is 0 Å². The quantitative estimate of drug-likeness (QED) is 0.493. The second-order valence-corrected chi connectivity index (χ2v) is 5.27. The molecule has 2 nitrogen and oxygen atoms in total. The van der Waals surface area contributed by atoms with E-state index in [0.717, 1.165) is 24.6 Å². The van der Waals surface area contributed by atoms with E-state index in [1.165, 1.54) is 31.6 Å². The van der Waals surface area contributed by atoms with Crippen molar-refractivity contribution in [1.29, 1.82) is 0 Å². The number of allylic oxidation sites excluding steroid dienone is 2. The molecule has 0 aliphatic heterocycles. The van der Waals surface area contributed by atoms with Gasteiger partial charge in [-0.3, -0.25) is 0 Å². The fourth-order valence-corrected chi connectivity index (χ4v) is 2.59. The Balaban J connectivity index is 1.82. The summed E-state index contributed by atoms with van der Waals surface area (Å²) >= 11 is 1.93. The predicted molar refractivity (Wildman–Crippen MR) is 68.4 cm³/mol. The first-order valence-electron chi connectivity index (χ1n) is 5.98. The van der Waals surface area contributed by atoms with Gasteiger partial charge in [-0.1, -0.05) is 12.2 Å². The highest BCUT2D eigenvalue weighted by Crippen LogP contribution is 2.16. The molecule has 15 heavy (non-hydrogen) atoms. The van der Waals surface area contributed by atoms with Crippen molar-refractivity contribution < 1.29 is 5.11 Å². The molecule has 1 atom stereocenters. The van der Waals surface area contributed by atoms with Gasteiger partial charge in [0.2, 0.25) is 0 Å². The Hall–Kier alpha value is 0.0100. The van der Waals surface area contributed by atoms with Crippen molar-refractivity contribution in [2.45, 2.75) is 25.7 Å². The number of aliphatic hydroxyl groups excluding tert-OH is 1. The van der Waals surface area contributed by atoms with E-state index >= 15 is 0 Å². The molecule has 1 aliphatic rings. The van der Waals surface area contributed by atoms with E-state index in [2.05, 4.69) is 17.5 Å². The third kappa shape index (κ3) is 6.98. The fraction of sp³-hybridized carbons (Fsp3) is 0.833. The van der Waals surface area contributed by atoms with Crippen molar-refractivity contribution in [3.05, 3.63) is 12.2 Å². The van der Waals surface area contributed by atoms with Crippen LogP contribution in [0, 0.1) is 5.92 Å². The van der Waals surface area contributed by atoms with Crippen LogP contribution in [0.3, 0.4) is 0 Å². The zero-order valence-electron chi connectivity index (χ0n) is 9.45. The summed E-state index contributed by atoms with van der Waals surface area (Å²) in [5.41, 5.74) is 0. The van der Waals surface area contributed by atoms with Gasteiger partial charge in [-0.25, -0.2) is 0 Å². The van der Waals surface area contributed by atoms with Crippen molar-refractivity contribution in [3.63, 3.8) is 0 Å². The zero-order valence-corrected chi connectivity index (χ0v) is 10.3. The molecule has 3 heteroatoms. The molecular formula is C12H23NOS. The number of aliphatic hydroxyl groups is 1. The third-order valence-corrected chi connectivity index (χ3v) is 3.75. The normalized spacial score (nSPS) is 20.7. The van der Waals surface area contributed by atoms with Crippen LogP contribution >= 0.6 is 11.8 Å². The summed E-state index contributed by atoms with van der Waals surface area (Å²) in [6.07, 6.45) is 9.40. The molecule has 0 saturated carbocycles. The van der Waals surface area contributed by atoms with Crippen LogP contribution in [0.2, 0.25) is 0 Å². The zero-order chi connectivity index (χ0) is 10.8. The standard InChI is InChI=1S/C12H23NOS/c14-8-4-9-15-10-7-13-11-12-5-2-1-3-6-12/h1-2,12-14H,3-11H2. The van der Waals surface area contributed by atoms with Gasteiger partial charge in [0.1, 0.15) is 0 Å². The second kappa shape index (κ2) is 9.25. The van der Waals surface area contributed by atoms with Gasteiger partial charge < -0.3 is 10.4 Å². The van der Waals surface area contributed by atoms with Gasteiger partial charge in [0, 0.05) is 18.9 Å². The van der Waals surface area contributed by atoms with Crippen molar-refractivity contribution in [2.24, 2.45) is 5.92 Å². The van der Waals surface area contributed by atoms with Crippen LogP contribution in [0.1, 0.15) is 25.7 Å². The predicted octanol–water partition coefficient (Wildman–Crippen LogP) is 2.05. The Morgan fingerprint density at radius 1 is 1.33 bits per heavy atom. The molecule has 2 N–H and O–H groups in total. The molecule has 0 heterocycles. The van der Waals surface area contributed by atoms with Crippen LogP contribution in [-0.2, 0) is 0 Å². The summed E-state index contributed by atoms with van der Waals surface area (Å²) < 4.78 is 0. The number of hydrogen-bond acceptors (Lipinski definition) is 3. The van der Waals surface area contributed by atoms with Crippen molar-refractivity contribution in [3.8, 4) is 0 Å². The minimum absolute atomic E-state index is 0.328. The summed E-state index contributed by atoms with van der Waals surface area (Å²) in [6.45, 7) is 2.61. The fourth-order valence-electron chi connectivity index (χ4n) is 1.76. The molecule has 0 amide bonds. The SMILES string of the molecule is OCCCSCCNCC1CC=CCC1. The molecule has 0 aromatic heterocycles. The molecule has 0 aromatic rings. The molecule has 1 unspecified atom stereocenters. The Kier molecular flexibility index (Phi) is 8.07. The maximum Gasteiger partial charge on any atom is 0.0438 e. The smallest absolute Gasteiger partial charge is 0.0438 e. The van der Waals surface area contributed by atoms with Gasteiger partial charge in [0.25, 0.3) is 0 Å². The molecule has 1 rings (SSSR count). The van der Waals surface area contributed by atoms with Gasteiger partial charge in [-0.2, -0.15) is 11.8 Å². The highest BCUT2D eigenvalue weighted by atomic mass is 32.2. The van der Waals surface area contributed by atoms with Crippen LogP contribution in [0.4, 0.5) is 0 Å². The highest BCUT2D eigenvalue weighted by Gasteiger charge is 2.08. The lowest BCUT2D eigenvalue weighted by Crippen LogP contribution is -2.25. The number of thioether (sulfide) groups is 1. The highest BCUT2D eigenvalue weighted by molar-refractivity contribution is 7.99. The topological polar surface area (TPSA) is 32.3 Å². The van der Waals surface area contributed by atoms with Crippen molar-refractivity contribution in [1.82, 2.24) is 5.32 Å². The molecule has 0 spiro atoms. The van der Waals surface area contributed by atoms with Crippen LogP contribution in [0.25, 0.3) is 0 Å². The van der Waals surface area contributed by atoms with Gasteiger partial charge in [-0.15, -0.1) is 0 Å². The Morgan fingerprint density at radius 2 is 2.27 bits per heavy atom. The average molecular weight is 229 g/mol. The first-order chi connectivity index (χ1) is 7.43. The van der Waals surface area contributed by atoms with Crippen LogP contribution in [0.15, 0.2) is 12.2 Å². The number of hydrogen-bond donors (Lipinski definition) is 2. The summed E-state index contributed by atoms with van der Waals surface area (Å²) in [5, 5.41) is 12.1. The maximum atomic E-state index is 8.60. The Morgan fingerprint density at radius 3 is 3.00 bits per heavy atom. The summed E-state index contributed by atoms with van der Waals surface area (Å²) in [4.78, 5) is 0. The van der Waals surface area contributed by atoms with Gasteiger partial charge in [0.05, 0.1) is 0 Å². The average Bonchev–Trinajstić information content (AvgIpc) is 2.29. The Bertz CT molecular complexity index is 173. The van der Waals surface area contributed by atoms with E-state index in [0.29, 0.717) is 6.61 Å². The van der Waals surface area contributed by atoms with Gasteiger partial charge in [-0.05, 0) is 43.9 Å². The monoisotopic (exact) mass is 229 g/mol. The first kappa shape index (κ1) is 13.1. The summed E-state index contributed by atoms with van der Waals surface area (Å²) in [6, 6.07) is 0. The van der Waals surface area contributed by atoms with Crippen LogP contribution < -0.4 is 5.32 Å². The van der Waals surface area contributed by atoms with E-state index in [4.69, 9.17) is 5.11 Å². The van der Waals surface area contributed by atoms with Crippen LogP contribution in [0.5, 0.6) is 0 Å². The van der Waals surface area contributed by atoms with E-state index < -0.39 is 0 Å². The molecule has 1 aliphatic carbocycles. The van der Waals surface area contributed by atoms with Gasteiger partial charge in [0.15, 0.2) is 0 Å². The lowest BCUT2D eigenvalue weighted by molar-refractivity contribution is 0.296. The van der Waals surface area contributed by atoms with E-state index in [-0.39, 0.29) is 0 Å². The van der Waals surface area contributed by atoms with Crippen molar-refractivity contribution in [2.75, 3.05) is 31.2 Å². The second-order valence-electron chi connectivity index (χ2n) is 4.04. The molecule has 0 fully saturated rings. The largest absolute Gasteiger partial charge is 0.396 e. The molecule has 0 bridgehead atoms. The Labute approximate surface area is 97.5 Å². The molecule has 88 valence electrons. The van der Waals surface area contributed by atoms with Crippen LogP contribution in [-0.4, -0.2) is 36.3 Å². The van der Waals surface area contributed by atoms with E-state index in [1.807, 2.05) is 11.8 Å². The number of rotatable bonds is 8. The lowest BCUT2D eigenvalue weighted by Gasteiger charge is -2.17. The maximum absolute atomic E-state index is 8.60. The molecule has 0 radical (unpaired) electrons. The molecule has 0 saturated heterocycles. The van der Waals surface area contributed by atoms with Crippen molar-refractivity contribution >= 4 is 11.8 Å². The molecular weight excluding hydrogens is 206 g/mol. The first-order valence-corrected chi connectivity index (χ1v) is 7.13. The summed E-state index contributed by atoms with van der Waals surface area (Å²) in [5.74, 6) is 3.12. The van der Waals surface area contributed by atoms with Gasteiger partial charge >= 0.3 is 0 Å². The summed E-state index contributed by atoms with van der Waals surface area (Å²) in [7, 11) is 0. The number of nitrogens with one attached hydrogen (secondary N) is 1. The van der Waals surface area contributed by atoms with E-state index in [9.17, 15) is 0 Å². The minimum Gasteiger partial charge on any atom is -0.396 e. The third-order valence-electron chi connectivity index (χ3n) is 2.68. The lowest BCUT2D eigenvalue weighted by atomic mass is 9.94.